The van der Waals surface area contributed by atoms with Crippen molar-refractivity contribution >= 4 is 56.8 Å². The van der Waals surface area contributed by atoms with Gasteiger partial charge in [-0.3, -0.25) is 4.98 Å². The summed E-state index contributed by atoms with van der Waals surface area (Å²) in [6, 6.07) is 7.40. The fourth-order valence-electron chi connectivity index (χ4n) is 3.02. The summed E-state index contributed by atoms with van der Waals surface area (Å²) in [6.45, 7) is 8.36. The van der Waals surface area contributed by atoms with Crippen molar-refractivity contribution in [3.05, 3.63) is 35.1 Å². The van der Waals surface area contributed by atoms with E-state index < -0.39 is 8.07 Å². The van der Waals surface area contributed by atoms with Crippen LogP contribution in [0.4, 0.5) is 0 Å². The molecule has 0 saturated carbocycles. The molecule has 4 rings (SSSR count). The highest BCUT2D eigenvalue weighted by Gasteiger charge is 2.14. The Labute approximate surface area is 155 Å². The summed E-state index contributed by atoms with van der Waals surface area (Å²) >= 11 is 3.48. The number of aromatic nitrogens is 4. The van der Waals surface area contributed by atoms with E-state index in [0.29, 0.717) is 6.73 Å². The Morgan fingerprint density at radius 1 is 1.20 bits per heavy atom. The molecule has 1 aromatic carbocycles. The summed E-state index contributed by atoms with van der Waals surface area (Å²) in [5.74, 6) is 0. The summed E-state index contributed by atoms with van der Waals surface area (Å²) in [7, 11) is -1.07. The Bertz CT molecular complexity index is 1060. The molecule has 4 aromatic rings. The van der Waals surface area contributed by atoms with E-state index in [4.69, 9.17) is 4.74 Å². The zero-order valence-corrected chi connectivity index (χ0v) is 17.2. The van der Waals surface area contributed by atoms with Crippen molar-refractivity contribution in [2.45, 2.75) is 32.4 Å². The van der Waals surface area contributed by atoms with Gasteiger partial charge < -0.3 is 9.72 Å². The number of hydrogen-bond donors (Lipinski definition) is 1. The molecule has 1 N–H and O–H groups in total. The summed E-state index contributed by atoms with van der Waals surface area (Å²) in [5, 5.41) is 6.76. The first-order valence-corrected chi connectivity index (χ1v) is 12.9. The predicted octanol–water partition coefficient (Wildman–Crippen LogP) is 5.14. The van der Waals surface area contributed by atoms with Gasteiger partial charge in [-0.25, -0.2) is 4.68 Å². The van der Waals surface area contributed by atoms with Crippen molar-refractivity contribution in [3.8, 4) is 0 Å². The number of benzene rings is 1. The van der Waals surface area contributed by atoms with Crippen LogP contribution in [0.5, 0.6) is 0 Å². The summed E-state index contributed by atoms with van der Waals surface area (Å²) in [4.78, 5) is 8.02. The monoisotopic (exact) mass is 416 g/mol. The molecule has 0 saturated heterocycles. The van der Waals surface area contributed by atoms with E-state index >= 15 is 0 Å². The minimum Gasteiger partial charge on any atom is -0.360 e. The van der Waals surface area contributed by atoms with Gasteiger partial charge in [0.05, 0.1) is 22.7 Å². The number of rotatable bonds is 5. The van der Waals surface area contributed by atoms with Crippen LogP contribution in [0, 0.1) is 0 Å². The first-order chi connectivity index (χ1) is 11.9. The number of halogens is 1. The minimum absolute atomic E-state index is 0.487. The highest BCUT2D eigenvalue weighted by Crippen LogP contribution is 2.31. The van der Waals surface area contributed by atoms with Crippen LogP contribution in [0.15, 0.2) is 35.1 Å². The van der Waals surface area contributed by atoms with Crippen molar-refractivity contribution in [2.24, 2.45) is 0 Å². The lowest BCUT2D eigenvalue weighted by atomic mass is 10.1. The number of fused-ring (bicyclic) bond motifs is 5. The zero-order valence-electron chi connectivity index (χ0n) is 14.6. The molecule has 7 heteroatoms. The molecule has 3 heterocycles. The van der Waals surface area contributed by atoms with E-state index in [0.717, 1.165) is 50.0 Å². The Kier molecular flexibility index (Phi) is 4.17. The van der Waals surface area contributed by atoms with Gasteiger partial charge in [-0.2, -0.15) is 5.10 Å². The topological polar surface area (TPSA) is 55.7 Å². The second-order valence-corrected chi connectivity index (χ2v) is 14.1. The molecule has 0 spiro atoms. The van der Waals surface area contributed by atoms with Gasteiger partial charge in [0, 0.05) is 41.6 Å². The maximum absolute atomic E-state index is 5.86. The van der Waals surface area contributed by atoms with Crippen molar-refractivity contribution < 1.29 is 4.74 Å². The van der Waals surface area contributed by atoms with Crippen LogP contribution < -0.4 is 0 Å². The number of nitrogens with one attached hydrogen (secondary N) is 1. The lowest BCUT2D eigenvalue weighted by Crippen LogP contribution is -2.22. The Morgan fingerprint density at radius 2 is 2.04 bits per heavy atom. The van der Waals surface area contributed by atoms with Crippen molar-refractivity contribution in [2.75, 3.05) is 6.61 Å². The van der Waals surface area contributed by atoms with E-state index in [9.17, 15) is 0 Å². The summed E-state index contributed by atoms with van der Waals surface area (Å²) in [6.07, 6.45) is 3.74. The molecule has 130 valence electrons. The van der Waals surface area contributed by atoms with E-state index in [2.05, 4.69) is 68.8 Å². The zero-order chi connectivity index (χ0) is 17.6. The molecular formula is C18H21BrN4OSi. The SMILES string of the molecule is C[Si](C)(C)CCOCn1ncc2c3c(ccc21)[nH]c1cc(Br)cnc13. The van der Waals surface area contributed by atoms with E-state index in [-0.39, 0.29) is 0 Å². The molecule has 0 aliphatic heterocycles. The Hall–Kier alpha value is -1.70. The lowest BCUT2D eigenvalue weighted by molar-refractivity contribution is 0.0817. The molecule has 3 aromatic heterocycles. The third-order valence-corrected chi connectivity index (χ3v) is 6.54. The van der Waals surface area contributed by atoms with Crippen molar-refractivity contribution in [1.82, 2.24) is 19.7 Å². The van der Waals surface area contributed by atoms with E-state index in [1.165, 1.54) is 0 Å². The van der Waals surface area contributed by atoms with Crippen LogP contribution >= 0.6 is 15.9 Å². The molecule has 0 amide bonds. The fraction of sp³-hybridized carbons (Fsp3) is 0.333. The maximum Gasteiger partial charge on any atom is 0.139 e. The molecule has 0 aliphatic carbocycles. The number of ether oxygens (including phenoxy) is 1. The molecule has 0 atom stereocenters. The average molecular weight is 417 g/mol. The van der Waals surface area contributed by atoms with Gasteiger partial charge in [-0.05, 0) is 40.2 Å². The van der Waals surface area contributed by atoms with Crippen molar-refractivity contribution in [1.29, 1.82) is 0 Å². The third-order valence-electron chi connectivity index (χ3n) is 4.40. The highest BCUT2D eigenvalue weighted by atomic mass is 79.9. The largest absolute Gasteiger partial charge is 0.360 e. The molecule has 0 radical (unpaired) electrons. The smallest absolute Gasteiger partial charge is 0.139 e. The average Bonchev–Trinajstić information content (AvgIpc) is 3.10. The van der Waals surface area contributed by atoms with Gasteiger partial charge in [-0.1, -0.05) is 19.6 Å². The Morgan fingerprint density at radius 3 is 2.84 bits per heavy atom. The molecule has 0 unspecified atom stereocenters. The van der Waals surface area contributed by atoms with Gasteiger partial charge >= 0.3 is 0 Å². The number of pyridine rings is 1. The van der Waals surface area contributed by atoms with Crippen LogP contribution in [0.25, 0.3) is 32.8 Å². The van der Waals surface area contributed by atoms with Gasteiger partial charge in [-0.15, -0.1) is 0 Å². The third kappa shape index (κ3) is 3.23. The van der Waals surface area contributed by atoms with Gasteiger partial charge in [0.15, 0.2) is 0 Å². The van der Waals surface area contributed by atoms with Crippen LogP contribution in [-0.4, -0.2) is 34.4 Å². The van der Waals surface area contributed by atoms with Crippen LogP contribution in [0.2, 0.25) is 25.7 Å². The number of hydrogen-bond acceptors (Lipinski definition) is 3. The predicted molar refractivity (Wildman–Crippen MR) is 109 cm³/mol. The van der Waals surface area contributed by atoms with Gasteiger partial charge in [0.2, 0.25) is 0 Å². The summed E-state index contributed by atoms with van der Waals surface area (Å²) in [5.41, 5.74) is 4.15. The molecule has 0 fully saturated rings. The molecule has 0 bridgehead atoms. The van der Waals surface area contributed by atoms with Gasteiger partial charge in [0.25, 0.3) is 0 Å². The summed E-state index contributed by atoms with van der Waals surface area (Å²) < 4.78 is 8.76. The molecule has 5 nitrogen and oxygen atoms in total. The first-order valence-electron chi connectivity index (χ1n) is 8.42. The standard InChI is InChI=1S/C18H21BrN4OSi/c1-25(2,3)7-6-24-11-23-16-5-4-14-17(13(16)10-21-23)18-15(22-14)8-12(19)9-20-18/h4-5,8-10,22H,6-7,11H2,1-3H3. The Balaban J connectivity index is 1.69. The van der Waals surface area contributed by atoms with Gasteiger partial charge in [0.1, 0.15) is 6.73 Å². The fourth-order valence-corrected chi connectivity index (χ4v) is 4.11. The minimum atomic E-state index is -1.07. The normalized spacial score (nSPS) is 12.6. The quantitative estimate of drug-likeness (QED) is 0.361. The maximum atomic E-state index is 5.86. The number of aromatic amines is 1. The number of nitrogens with zero attached hydrogens (tertiary/aromatic N) is 3. The molecule has 25 heavy (non-hydrogen) atoms. The second-order valence-electron chi connectivity index (χ2n) is 7.59. The lowest BCUT2D eigenvalue weighted by Gasteiger charge is -2.15. The molecule has 0 aliphatic rings. The van der Waals surface area contributed by atoms with Crippen LogP contribution in [0.3, 0.4) is 0 Å². The van der Waals surface area contributed by atoms with E-state index in [1.807, 2.05) is 17.1 Å². The second kappa shape index (κ2) is 6.23. The van der Waals surface area contributed by atoms with Crippen LogP contribution in [-0.2, 0) is 11.5 Å². The van der Waals surface area contributed by atoms with Crippen molar-refractivity contribution in [3.63, 3.8) is 0 Å². The highest BCUT2D eigenvalue weighted by molar-refractivity contribution is 9.10. The van der Waals surface area contributed by atoms with Crippen LogP contribution in [0.1, 0.15) is 0 Å². The first kappa shape index (κ1) is 16.7. The molecular weight excluding hydrogens is 396 g/mol. The van der Waals surface area contributed by atoms with E-state index in [1.54, 1.807) is 0 Å². The number of H-pyrrole nitrogens is 1.